The van der Waals surface area contributed by atoms with Crippen molar-refractivity contribution >= 4 is 132 Å². The Labute approximate surface area is 412 Å². The molecule has 0 aliphatic rings. The van der Waals surface area contributed by atoms with E-state index in [9.17, 15) is 54.2 Å². The molecular weight excluding hydrogens is 1050 g/mol. The van der Waals surface area contributed by atoms with Crippen LogP contribution in [0.5, 0.6) is 17.2 Å². The van der Waals surface area contributed by atoms with Crippen LogP contribution in [-0.2, 0) is 49.1 Å². The van der Waals surface area contributed by atoms with Crippen molar-refractivity contribution in [3.05, 3.63) is 121 Å². The number of rotatable bonds is 17. The van der Waals surface area contributed by atoms with Crippen molar-refractivity contribution in [2.75, 3.05) is 5.32 Å². The number of phenolic OH excluding ortho intramolecular Hbond substituents is 3. The van der Waals surface area contributed by atoms with Crippen LogP contribution in [0.25, 0.3) is 32.3 Å². The van der Waals surface area contributed by atoms with Crippen molar-refractivity contribution in [2.24, 2.45) is 30.7 Å². The summed E-state index contributed by atoms with van der Waals surface area (Å²) in [6, 6.07) is 27.2. The molecule has 0 aromatic heterocycles. The van der Waals surface area contributed by atoms with Gasteiger partial charge >= 0.3 is 0 Å². The van der Waals surface area contributed by atoms with Crippen LogP contribution in [0.15, 0.2) is 176 Å². The summed E-state index contributed by atoms with van der Waals surface area (Å²) in [7, 11) is -15.0. The minimum absolute atomic E-state index is 0.0270. The molecule has 0 saturated carbocycles. The predicted octanol–water partition coefficient (Wildman–Crippen LogP) is 11.8. The number of hydrogen-bond donors (Lipinski definition) is 9. The Kier molecular flexibility index (Phi) is 14.8. The zero-order chi connectivity index (χ0) is 51.5. The highest BCUT2D eigenvalue weighted by Gasteiger charge is 2.26. The molecule has 0 saturated heterocycles. The van der Waals surface area contributed by atoms with Crippen LogP contribution in [0, 0.1) is 0 Å². The molecule has 8 aromatic carbocycles. The standard InChI is InChI=1S/C42H29N7O18S5/c50-33-19-24(70(55,56)57)18-29-26(33)12-15-32(42(29)72(61,62)63)46-47-37-28-20-35(69-67-65-54)39(41(52)27(28)13-14-31(37)43-22-6-2-1-3-7-22)48-44-23-10-11-25-21(16-23)17-34(68-66-64-53)38(40(25)51)49-45-30-8-4-5-9-36(30)71(58,59)60/h1-20,43,50-54H,(H,55,56,57)(H,58,59,60)(H,61,62,63). The average Bonchev–Trinajstić information content (AvgIpc) is 3.33. The van der Waals surface area contributed by atoms with E-state index in [0.29, 0.717) is 41.9 Å². The quantitative estimate of drug-likeness (QED) is 0.0134. The van der Waals surface area contributed by atoms with E-state index in [1.54, 1.807) is 30.3 Å². The normalized spacial score (nSPS) is 12.6. The molecule has 0 aliphatic heterocycles. The van der Waals surface area contributed by atoms with Crippen LogP contribution < -0.4 is 5.32 Å². The summed E-state index contributed by atoms with van der Waals surface area (Å²) in [5.41, 5.74) is -0.667. The molecule has 0 radical (unpaired) electrons. The van der Waals surface area contributed by atoms with Crippen LogP contribution in [0.2, 0.25) is 0 Å². The van der Waals surface area contributed by atoms with Gasteiger partial charge in [0.15, 0.2) is 11.5 Å². The first kappa shape index (κ1) is 51.1. The molecule has 25 nitrogen and oxygen atoms in total. The molecule has 8 aromatic rings. The van der Waals surface area contributed by atoms with Gasteiger partial charge in [-0.25, -0.2) is 10.5 Å². The van der Waals surface area contributed by atoms with Crippen LogP contribution >= 0.6 is 24.1 Å². The smallest absolute Gasteiger partial charge is 0.297 e. The molecule has 0 amide bonds. The van der Waals surface area contributed by atoms with E-state index in [-0.39, 0.29) is 70.8 Å². The number of fused-ring (bicyclic) bond motifs is 3. The molecule has 0 fully saturated rings. The number of aromatic hydroxyl groups is 3. The number of phenols is 3. The van der Waals surface area contributed by atoms with E-state index in [2.05, 4.69) is 50.4 Å². The molecule has 30 heteroatoms. The highest BCUT2D eigenvalue weighted by molar-refractivity contribution is 7.95. The maximum absolute atomic E-state index is 12.9. The van der Waals surface area contributed by atoms with E-state index in [1.807, 2.05) is 0 Å². The van der Waals surface area contributed by atoms with Gasteiger partial charge in [-0.1, -0.05) is 40.4 Å². The first-order chi connectivity index (χ1) is 34.3. The van der Waals surface area contributed by atoms with Crippen LogP contribution in [0.4, 0.5) is 45.5 Å². The number of anilines is 2. The fourth-order valence-electron chi connectivity index (χ4n) is 7.04. The highest BCUT2D eigenvalue weighted by atomic mass is 32.2. The van der Waals surface area contributed by atoms with Crippen molar-refractivity contribution in [1.29, 1.82) is 0 Å². The van der Waals surface area contributed by atoms with E-state index < -0.39 is 73.4 Å². The van der Waals surface area contributed by atoms with Gasteiger partial charge in [0.2, 0.25) is 0 Å². The number of nitrogens with zero attached hydrogens (tertiary/aromatic N) is 6. The Morgan fingerprint density at radius 1 is 0.486 bits per heavy atom. The van der Waals surface area contributed by atoms with Crippen LogP contribution in [0.3, 0.4) is 0 Å². The van der Waals surface area contributed by atoms with Crippen molar-refractivity contribution in [3.63, 3.8) is 0 Å². The lowest BCUT2D eigenvalue weighted by Crippen LogP contribution is -2.02. The second kappa shape index (κ2) is 20.8. The van der Waals surface area contributed by atoms with Gasteiger partial charge in [0, 0.05) is 38.7 Å². The number of nitrogens with one attached hydrogen (secondary N) is 1. The highest BCUT2D eigenvalue weighted by Crippen LogP contribution is 2.50. The summed E-state index contributed by atoms with van der Waals surface area (Å²) in [5.74, 6) is -1.83. The summed E-state index contributed by atoms with van der Waals surface area (Å²) in [6.45, 7) is 0. The van der Waals surface area contributed by atoms with Gasteiger partial charge in [-0.3, -0.25) is 13.7 Å². The van der Waals surface area contributed by atoms with E-state index in [0.717, 1.165) is 18.2 Å². The van der Waals surface area contributed by atoms with E-state index in [1.165, 1.54) is 60.7 Å². The largest absolute Gasteiger partial charge is 0.507 e. The molecule has 0 heterocycles. The second-order valence-corrected chi connectivity index (χ2v) is 20.1. The molecule has 370 valence electrons. The van der Waals surface area contributed by atoms with Crippen molar-refractivity contribution in [2.45, 2.75) is 24.5 Å². The molecule has 0 spiro atoms. The topological polar surface area (TPSA) is 387 Å². The molecule has 0 unspecified atom stereocenters. The molecule has 72 heavy (non-hydrogen) atoms. The minimum Gasteiger partial charge on any atom is -0.507 e. The van der Waals surface area contributed by atoms with Crippen molar-refractivity contribution in [1.82, 2.24) is 0 Å². The first-order valence-corrected chi connectivity index (χ1v) is 25.4. The summed E-state index contributed by atoms with van der Waals surface area (Å²) >= 11 is 0.718. The van der Waals surface area contributed by atoms with Gasteiger partial charge in [-0.2, -0.15) is 30.4 Å². The van der Waals surface area contributed by atoms with Crippen molar-refractivity contribution < 1.29 is 83.5 Å². The zero-order valence-corrected chi connectivity index (χ0v) is 39.5. The Hall–Kier alpha value is -7.27. The average molecular weight is 1080 g/mol. The van der Waals surface area contributed by atoms with Gasteiger partial charge in [-0.05, 0) is 90.3 Å². The third kappa shape index (κ3) is 11.0. The number of para-hydroxylation sites is 1. The Morgan fingerprint density at radius 2 is 1.08 bits per heavy atom. The van der Waals surface area contributed by atoms with E-state index in [4.69, 9.17) is 14.8 Å². The number of azo groups is 3. The van der Waals surface area contributed by atoms with Gasteiger partial charge in [0.25, 0.3) is 30.4 Å². The van der Waals surface area contributed by atoms with Crippen LogP contribution in [0.1, 0.15) is 0 Å². The minimum atomic E-state index is -5.29. The Balaban J connectivity index is 1.25. The molecule has 0 bridgehead atoms. The maximum Gasteiger partial charge on any atom is 0.297 e. The second-order valence-electron chi connectivity index (χ2n) is 14.5. The Morgan fingerprint density at radius 3 is 1.75 bits per heavy atom. The summed E-state index contributed by atoms with van der Waals surface area (Å²) in [4.78, 5) is -2.58. The SMILES string of the molecule is O=S(=O)(O)c1cc(O)c2ccc(N=Nc3c(Nc4ccccc4)ccc4c(O)c(N=Nc5ccc6c(O)c(N=Nc7ccccc7S(=O)(=O)O)c(SOOO)cc6c5)c(SOOO)cc34)c(S(=O)(=O)O)c2c1. The monoisotopic (exact) mass is 1080 g/mol. The summed E-state index contributed by atoms with van der Waals surface area (Å²) < 4.78 is 113. The predicted molar refractivity (Wildman–Crippen MR) is 256 cm³/mol. The fraction of sp³-hybridized carbons (Fsp3) is 0. The molecule has 9 N–H and O–H groups in total. The zero-order valence-electron chi connectivity index (χ0n) is 35.4. The van der Waals surface area contributed by atoms with Gasteiger partial charge < -0.3 is 20.6 Å². The summed E-state index contributed by atoms with van der Waals surface area (Å²) in [6.07, 6.45) is 0. The first-order valence-electron chi connectivity index (χ1n) is 19.6. The van der Waals surface area contributed by atoms with Gasteiger partial charge in [-0.15, -0.1) is 34.2 Å². The molecule has 0 atom stereocenters. The summed E-state index contributed by atoms with van der Waals surface area (Å²) in [5, 5.41) is 87.0. The lowest BCUT2D eigenvalue weighted by atomic mass is 10.0. The van der Waals surface area contributed by atoms with Crippen LogP contribution in [-0.4, -0.2) is 64.7 Å². The number of benzene rings is 8. The number of hydrogen-bond acceptors (Lipinski definition) is 24. The molecular formula is C42H29N7O18S5. The van der Waals surface area contributed by atoms with Gasteiger partial charge in [0.1, 0.15) is 44.0 Å². The molecule has 8 rings (SSSR count). The third-order valence-electron chi connectivity index (χ3n) is 10.1. The van der Waals surface area contributed by atoms with Gasteiger partial charge in [0.05, 0.1) is 50.1 Å². The fourth-order valence-corrected chi connectivity index (χ4v) is 9.99. The third-order valence-corrected chi connectivity index (χ3v) is 14.0. The Bertz CT molecular complexity index is 3910. The van der Waals surface area contributed by atoms with Crippen molar-refractivity contribution in [3.8, 4) is 17.2 Å². The van der Waals surface area contributed by atoms with E-state index >= 15 is 0 Å². The lowest BCUT2D eigenvalue weighted by Gasteiger charge is -2.15. The lowest BCUT2D eigenvalue weighted by molar-refractivity contribution is -0.432. The molecule has 0 aliphatic carbocycles. The maximum atomic E-state index is 12.9.